The Morgan fingerprint density at radius 2 is 2.00 bits per heavy atom. The molecule has 2 bridgehead atoms. The molecule has 2 aliphatic heterocycles. The van der Waals surface area contributed by atoms with Gasteiger partial charge in [0.25, 0.3) is 0 Å². The Morgan fingerprint density at radius 1 is 1.32 bits per heavy atom. The molecule has 0 saturated carbocycles. The molecule has 3 atom stereocenters. The maximum atomic E-state index is 14.6. The zero-order chi connectivity index (χ0) is 18.6. The number of nitrogens with zero attached hydrogens (tertiary/aromatic N) is 2. The number of carbonyl (C=O) groups excluding carboxylic acids is 1. The molecule has 0 spiro atoms. The minimum Gasteiger partial charge on any atom is -0.444 e. The highest BCUT2D eigenvalue weighted by atomic mass is 19.4. The van der Waals surface area contributed by atoms with Crippen LogP contribution in [0.1, 0.15) is 38.7 Å². The summed E-state index contributed by atoms with van der Waals surface area (Å²) < 4.78 is 59.7. The van der Waals surface area contributed by atoms with Gasteiger partial charge in [0.2, 0.25) is 0 Å². The number of pyridine rings is 1. The van der Waals surface area contributed by atoms with Crippen LogP contribution in [-0.2, 0) is 4.74 Å². The van der Waals surface area contributed by atoms with Crippen molar-refractivity contribution in [2.45, 2.75) is 57.0 Å². The highest BCUT2D eigenvalue weighted by Gasteiger charge is 2.61. The van der Waals surface area contributed by atoms with Gasteiger partial charge in [-0.2, -0.15) is 13.2 Å². The molecule has 0 radical (unpaired) electrons. The van der Waals surface area contributed by atoms with E-state index in [1.54, 1.807) is 32.9 Å². The number of ether oxygens (including phenoxy) is 1. The lowest BCUT2D eigenvalue weighted by Gasteiger charge is -2.28. The van der Waals surface area contributed by atoms with Crippen molar-refractivity contribution in [3.05, 3.63) is 41.5 Å². The molecule has 1 saturated heterocycles. The first-order valence-corrected chi connectivity index (χ1v) is 7.88. The molecule has 8 heteroatoms. The van der Waals surface area contributed by atoms with Gasteiger partial charge < -0.3 is 4.74 Å². The van der Waals surface area contributed by atoms with E-state index >= 15 is 0 Å². The van der Waals surface area contributed by atoms with E-state index in [1.165, 1.54) is 12.4 Å². The monoisotopic (exact) mass is 358 g/mol. The maximum absolute atomic E-state index is 14.6. The lowest BCUT2D eigenvalue weighted by Crippen LogP contribution is -2.42. The molecule has 1 fully saturated rings. The molecule has 136 valence electrons. The third-order valence-electron chi connectivity index (χ3n) is 4.37. The zero-order valence-corrected chi connectivity index (χ0v) is 14.0. The normalized spacial score (nSPS) is 26.4. The molecule has 2 aliphatic rings. The van der Waals surface area contributed by atoms with Crippen molar-refractivity contribution in [3.63, 3.8) is 0 Å². The molecule has 1 aromatic heterocycles. The molecule has 3 unspecified atom stereocenters. The number of aromatic nitrogens is 1. The molecule has 0 aromatic carbocycles. The fourth-order valence-electron chi connectivity index (χ4n) is 3.54. The van der Waals surface area contributed by atoms with Crippen LogP contribution in [0.15, 0.2) is 35.9 Å². The van der Waals surface area contributed by atoms with Crippen molar-refractivity contribution in [2.24, 2.45) is 0 Å². The lowest BCUT2D eigenvalue weighted by atomic mass is 9.84. The van der Waals surface area contributed by atoms with Crippen LogP contribution in [0, 0.1) is 0 Å². The number of alkyl halides is 3. The van der Waals surface area contributed by atoms with Crippen molar-refractivity contribution in [1.29, 1.82) is 0 Å². The summed E-state index contributed by atoms with van der Waals surface area (Å²) >= 11 is 0. The standard InChI is InChI=1S/C17H18F4N2O2/c1-16(2,3)25-15(24)23-11-7-10(9-5-4-6-22-8-9)14(23)13(18)12(11)17(19,20)21/h4-6,8,10-11,14H,7H2,1-3H3. The van der Waals surface area contributed by atoms with Gasteiger partial charge in [-0.3, -0.25) is 9.88 Å². The first-order valence-electron chi connectivity index (χ1n) is 7.88. The molecule has 1 aromatic rings. The summed E-state index contributed by atoms with van der Waals surface area (Å²) in [4.78, 5) is 17.3. The van der Waals surface area contributed by atoms with Gasteiger partial charge in [0.15, 0.2) is 0 Å². The fraction of sp³-hybridized carbons (Fsp3) is 0.529. The fourth-order valence-corrected chi connectivity index (χ4v) is 3.54. The average Bonchev–Trinajstić information content (AvgIpc) is 2.98. The lowest BCUT2D eigenvalue weighted by molar-refractivity contribution is -0.0990. The molecule has 4 nitrogen and oxygen atoms in total. The second kappa shape index (κ2) is 5.71. The van der Waals surface area contributed by atoms with Crippen LogP contribution in [0.25, 0.3) is 0 Å². The minimum absolute atomic E-state index is 0.0160. The number of hydrogen-bond acceptors (Lipinski definition) is 3. The number of halogens is 4. The third kappa shape index (κ3) is 3.09. The van der Waals surface area contributed by atoms with E-state index in [4.69, 9.17) is 4.74 Å². The number of amides is 1. The van der Waals surface area contributed by atoms with E-state index in [0.29, 0.717) is 5.56 Å². The Kier molecular flexibility index (Phi) is 4.04. The van der Waals surface area contributed by atoms with Gasteiger partial charge in [-0.15, -0.1) is 0 Å². The average molecular weight is 358 g/mol. The SMILES string of the molecule is CC(C)(C)OC(=O)N1C2CC(c3cccnc3)C1C(F)=C2C(F)(F)F. The second-order valence-electron chi connectivity index (χ2n) is 7.24. The van der Waals surface area contributed by atoms with Gasteiger partial charge in [0.05, 0.1) is 17.7 Å². The molecule has 3 rings (SSSR count). The predicted molar refractivity (Wildman–Crippen MR) is 81.4 cm³/mol. The quantitative estimate of drug-likeness (QED) is 0.701. The van der Waals surface area contributed by atoms with E-state index in [-0.39, 0.29) is 6.42 Å². The van der Waals surface area contributed by atoms with E-state index in [1.807, 2.05) is 0 Å². The molecule has 0 aliphatic carbocycles. The third-order valence-corrected chi connectivity index (χ3v) is 4.37. The van der Waals surface area contributed by atoms with Crippen LogP contribution in [0.5, 0.6) is 0 Å². The highest BCUT2D eigenvalue weighted by molar-refractivity contribution is 5.73. The van der Waals surface area contributed by atoms with Gasteiger partial charge in [-0.1, -0.05) is 6.07 Å². The van der Waals surface area contributed by atoms with Crippen molar-refractivity contribution >= 4 is 6.09 Å². The minimum atomic E-state index is -4.83. The van der Waals surface area contributed by atoms with Crippen LogP contribution < -0.4 is 0 Å². The Balaban J connectivity index is 2.00. The number of hydrogen-bond donors (Lipinski definition) is 0. The number of carbonyl (C=O) groups is 1. The Labute approximate surface area is 142 Å². The van der Waals surface area contributed by atoms with Crippen LogP contribution in [0.3, 0.4) is 0 Å². The predicted octanol–water partition coefficient (Wildman–Crippen LogP) is 4.34. The summed E-state index contributed by atoms with van der Waals surface area (Å²) in [5.74, 6) is -1.89. The summed E-state index contributed by atoms with van der Waals surface area (Å²) in [6, 6.07) is 0.600. The van der Waals surface area contributed by atoms with Crippen molar-refractivity contribution < 1.29 is 27.1 Å². The second-order valence-corrected chi connectivity index (χ2v) is 7.24. The zero-order valence-electron chi connectivity index (χ0n) is 14.0. The summed E-state index contributed by atoms with van der Waals surface area (Å²) in [6.45, 7) is 4.82. The van der Waals surface area contributed by atoms with Crippen LogP contribution >= 0.6 is 0 Å². The molecular weight excluding hydrogens is 340 g/mol. The summed E-state index contributed by atoms with van der Waals surface area (Å²) in [5, 5.41) is 0. The topological polar surface area (TPSA) is 42.4 Å². The van der Waals surface area contributed by atoms with Crippen LogP contribution in [0.2, 0.25) is 0 Å². The summed E-state index contributed by atoms with van der Waals surface area (Å²) in [6.07, 6.45) is -2.78. The van der Waals surface area contributed by atoms with Crippen molar-refractivity contribution in [1.82, 2.24) is 9.88 Å². The van der Waals surface area contributed by atoms with Crippen molar-refractivity contribution in [2.75, 3.05) is 0 Å². The molecular formula is C17H18F4N2O2. The highest BCUT2D eigenvalue weighted by Crippen LogP contribution is 2.54. The largest absolute Gasteiger partial charge is 0.444 e. The van der Waals surface area contributed by atoms with Gasteiger partial charge in [0.1, 0.15) is 11.4 Å². The summed E-state index contributed by atoms with van der Waals surface area (Å²) in [7, 11) is 0. The number of fused-ring (bicyclic) bond motifs is 2. The smallest absolute Gasteiger partial charge is 0.417 e. The van der Waals surface area contributed by atoms with Crippen LogP contribution in [-0.4, -0.2) is 39.8 Å². The maximum Gasteiger partial charge on any atom is 0.417 e. The summed E-state index contributed by atoms with van der Waals surface area (Å²) in [5.41, 5.74) is -1.57. The van der Waals surface area contributed by atoms with Crippen molar-refractivity contribution in [3.8, 4) is 0 Å². The van der Waals surface area contributed by atoms with Gasteiger partial charge in [0, 0.05) is 18.3 Å². The molecule has 25 heavy (non-hydrogen) atoms. The Bertz CT molecular complexity index is 710. The Hall–Kier alpha value is -2.12. The van der Waals surface area contributed by atoms with E-state index in [0.717, 1.165) is 4.90 Å². The van der Waals surface area contributed by atoms with Gasteiger partial charge >= 0.3 is 12.3 Å². The first-order chi connectivity index (χ1) is 11.5. The van der Waals surface area contributed by atoms with E-state index in [9.17, 15) is 22.4 Å². The molecule has 1 amide bonds. The van der Waals surface area contributed by atoms with Gasteiger partial charge in [-0.25, -0.2) is 9.18 Å². The first kappa shape index (κ1) is 17.7. The molecule has 0 N–H and O–H groups in total. The number of rotatable bonds is 1. The molecule has 3 heterocycles. The van der Waals surface area contributed by atoms with Crippen LogP contribution in [0.4, 0.5) is 22.4 Å². The van der Waals surface area contributed by atoms with E-state index < -0.39 is 47.3 Å². The van der Waals surface area contributed by atoms with Gasteiger partial charge in [-0.05, 0) is 38.8 Å². The van der Waals surface area contributed by atoms with E-state index in [2.05, 4.69) is 4.98 Å². The Morgan fingerprint density at radius 3 is 2.52 bits per heavy atom.